The summed E-state index contributed by atoms with van der Waals surface area (Å²) < 4.78 is 44.7. The van der Waals surface area contributed by atoms with Crippen LogP contribution in [0.25, 0.3) is 39.1 Å². The van der Waals surface area contributed by atoms with Gasteiger partial charge in [0.2, 0.25) is 17.8 Å². The summed E-state index contributed by atoms with van der Waals surface area (Å²) in [5, 5.41) is 8.65. The maximum absolute atomic E-state index is 15.5. The number of likely N-dealkylation sites (N-methyl/N-ethyl adjacent to an activating group) is 1. The Kier molecular flexibility index (Phi) is 9.29. The van der Waals surface area contributed by atoms with Gasteiger partial charge in [-0.2, -0.15) is 15.1 Å². The summed E-state index contributed by atoms with van der Waals surface area (Å²) in [5.41, 5.74) is 3.22. The van der Waals surface area contributed by atoms with E-state index in [1.165, 1.54) is 16.8 Å². The fourth-order valence-corrected chi connectivity index (χ4v) is 10.1. The number of benzene rings is 1. The van der Waals surface area contributed by atoms with Crippen LogP contribution in [0.2, 0.25) is 0 Å². The zero-order valence-corrected chi connectivity index (χ0v) is 34.5. The average Bonchev–Trinajstić information content (AvgIpc) is 3.97. The lowest BCUT2D eigenvalue weighted by Crippen LogP contribution is -2.73. The molecular weight excluding hydrogens is 801 g/mol. The Labute approximate surface area is 357 Å². The lowest BCUT2D eigenvalue weighted by atomic mass is 9.85. The molecule has 17 nitrogen and oxygen atoms in total. The van der Waals surface area contributed by atoms with E-state index in [-0.39, 0.29) is 56.6 Å². The molecule has 324 valence electrons. The second kappa shape index (κ2) is 14.9. The molecule has 0 spiro atoms. The van der Waals surface area contributed by atoms with Crippen molar-refractivity contribution in [1.82, 2.24) is 49.1 Å². The number of nitrogens with one attached hydrogen (secondary N) is 1. The van der Waals surface area contributed by atoms with Crippen molar-refractivity contribution in [2.75, 3.05) is 62.1 Å². The molecule has 5 saturated heterocycles. The van der Waals surface area contributed by atoms with E-state index < -0.39 is 29.8 Å². The van der Waals surface area contributed by atoms with Crippen molar-refractivity contribution in [2.45, 2.75) is 75.5 Å². The molecule has 12 rings (SSSR count). The first kappa shape index (κ1) is 38.6. The van der Waals surface area contributed by atoms with Crippen LogP contribution < -0.4 is 15.1 Å². The highest BCUT2D eigenvalue weighted by molar-refractivity contribution is 5.95. The number of hydrogen-bond donors (Lipinski definition) is 1. The third kappa shape index (κ3) is 6.30. The summed E-state index contributed by atoms with van der Waals surface area (Å²) >= 11 is 0. The molecule has 5 fully saturated rings. The van der Waals surface area contributed by atoms with E-state index in [1.54, 1.807) is 31.5 Å². The van der Waals surface area contributed by atoms with Crippen molar-refractivity contribution in [3.05, 3.63) is 72.3 Å². The number of nitrogens with zero attached hydrogens (tertiary/aromatic N) is 12. The first-order chi connectivity index (χ1) is 30.1. The number of piperidine rings is 1. The Morgan fingerprint density at radius 2 is 1.76 bits per heavy atom. The van der Waals surface area contributed by atoms with Gasteiger partial charge in [0.15, 0.2) is 11.5 Å². The summed E-state index contributed by atoms with van der Waals surface area (Å²) in [6, 6.07) is 9.48. The highest BCUT2D eigenvalue weighted by Crippen LogP contribution is 2.41. The largest absolute Gasteiger partial charge is 0.381 e. The predicted octanol–water partition coefficient (Wildman–Crippen LogP) is 4.22. The van der Waals surface area contributed by atoms with Crippen LogP contribution in [0, 0.1) is 18.6 Å². The van der Waals surface area contributed by atoms with Crippen molar-refractivity contribution in [1.29, 1.82) is 0 Å². The van der Waals surface area contributed by atoms with Crippen LogP contribution >= 0.6 is 0 Å². The number of piperazine rings is 1. The second-order valence-electron chi connectivity index (χ2n) is 16.9. The molecule has 19 heteroatoms. The van der Waals surface area contributed by atoms with Crippen LogP contribution in [0.4, 0.5) is 26.4 Å². The summed E-state index contributed by atoms with van der Waals surface area (Å²) in [6.07, 6.45) is 5.49. The maximum atomic E-state index is 15.5. The summed E-state index contributed by atoms with van der Waals surface area (Å²) in [6.45, 7) is 4.70. The third-order valence-corrected chi connectivity index (χ3v) is 13.2. The number of aryl methyl sites for hydroxylation is 1. The van der Waals surface area contributed by atoms with Gasteiger partial charge in [-0.3, -0.25) is 14.6 Å². The Bertz CT molecular complexity index is 2770. The molecule has 0 saturated carbocycles. The monoisotopic (exact) mass is 849 g/mol. The van der Waals surface area contributed by atoms with Gasteiger partial charge in [-0.25, -0.2) is 23.4 Å². The number of hydrogen-bond acceptors (Lipinski definition) is 13. The van der Waals surface area contributed by atoms with Gasteiger partial charge in [0.05, 0.1) is 47.0 Å². The van der Waals surface area contributed by atoms with Gasteiger partial charge >= 0.3 is 0 Å². The van der Waals surface area contributed by atoms with Crippen LogP contribution in [0.1, 0.15) is 34.4 Å². The van der Waals surface area contributed by atoms with Crippen molar-refractivity contribution >= 4 is 51.5 Å². The lowest BCUT2D eigenvalue weighted by Gasteiger charge is -2.57. The van der Waals surface area contributed by atoms with Crippen LogP contribution in [0.3, 0.4) is 0 Å². The van der Waals surface area contributed by atoms with Gasteiger partial charge < -0.3 is 39.0 Å². The molecule has 11 heterocycles. The molecule has 5 atom stereocenters. The number of rotatable bonds is 5. The minimum atomic E-state index is -0.819. The molecule has 6 aliphatic heterocycles. The Hall–Kier alpha value is -6.34. The van der Waals surface area contributed by atoms with Gasteiger partial charge in [-0.05, 0) is 62.9 Å². The number of pyridine rings is 2. The fourth-order valence-electron chi connectivity index (χ4n) is 10.1. The van der Waals surface area contributed by atoms with E-state index >= 15 is 4.39 Å². The number of anilines is 3. The van der Waals surface area contributed by atoms with E-state index in [4.69, 9.17) is 34.4 Å². The van der Waals surface area contributed by atoms with Crippen molar-refractivity contribution in [2.24, 2.45) is 0 Å². The van der Waals surface area contributed by atoms with Gasteiger partial charge in [0, 0.05) is 74.2 Å². The molecule has 62 heavy (non-hydrogen) atoms. The highest BCUT2D eigenvalue weighted by Gasteiger charge is 2.53. The van der Waals surface area contributed by atoms with Gasteiger partial charge in [-0.15, -0.1) is 0 Å². The number of halogens is 2. The predicted molar refractivity (Wildman–Crippen MR) is 228 cm³/mol. The minimum Gasteiger partial charge on any atom is -0.381 e. The van der Waals surface area contributed by atoms with E-state index in [1.807, 2.05) is 45.9 Å². The van der Waals surface area contributed by atoms with E-state index in [0.717, 1.165) is 35.8 Å². The number of amides is 2. The molecule has 1 N–H and O–H groups in total. The van der Waals surface area contributed by atoms with E-state index in [9.17, 15) is 14.0 Å². The third-order valence-electron chi connectivity index (χ3n) is 13.2. The zero-order chi connectivity index (χ0) is 42.4. The molecule has 0 aliphatic carbocycles. The standard InChI is InChI=1S/C43H45F2N13O4.2H2/c1-23-48-32-9-12-46-37-31-5-4-6-36(50-31)49-25-16-34(41(59)53(2)21-28(61-3)22-54(23)38(32)37)56(19-25)39-29-18-47-58(33-8-7-24(44)15-30(33)45)40(29)52-43(51-39)57-27-17-35(57)42(60)55(20-27)26-10-13-62-14-11-26;;/h4-9,12,15,18,25-28,34-35H,10-11,13-14,16-17,19-22H2,1-3H3,(H,49,50);2*1H/t25-,27+,28-,34-,35?;;/m0../s1. The number of imidazole rings is 1. The minimum absolute atomic E-state index is 0. The summed E-state index contributed by atoms with van der Waals surface area (Å²) in [7, 11) is 3.41. The highest BCUT2D eigenvalue weighted by atomic mass is 19.1. The molecule has 6 aliphatic rings. The molecule has 5 aromatic heterocycles. The van der Waals surface area contributed by atoms with E-state index in [2.05, 4.69) is 15.0 Å². The molecule has 1 aromatic carbocycles. The Morgan fingerprint density at radius 3 is 2.56 bits per heavy atom. The lowest BCUT2D eigenvalue weighted by molar-refractivity contribution is -0.145. The van der Waals surface area contributed by atoms with Crippen molar-refractivity contribution in [3.63, 3.8) is 0 Å². The molecular formula is C43H49F2N13O4. The number of fused-ring (bicyclic) bond motifs is 8. The second-order valence-corrected chi connectivity index (χ2v) is 16.9. The normalized spacial score (nSPS) is 24.4. The zero-order valence-electron chi connectivity index (χ0n) is 34.5. The molecule has 2 amide bonds. The molecule has 6 aromatic rings. The number of carbonyl (C=O) groups excluding carboxylic acids is 2. The average molecular weight is 850 g/mol. The molecule has 0 radical (unpaired) electrons. The number of methoxy groups -OCH3 is 1. The van der Waals surface area contributed by atoms with Crippen LogP contribution in [-0.2, 0) is 25.6 Å². The Morgan fingerprint density at radius 1 is 0.903 bits per heavy atom. The van der Waals surface area contributed by atoms with E-state index in [0.29, 0.717) is 74.1 Å². The maximum Gasteiger partial charge on any atom is 0.245 e. The van der Waals surface area contributed by atoms with Gasteiger partial charge in [0.25, 0.3) is 0 Å². The number of carbonyl (C=O) groups is 2. The van der Waals surface area contributed by atoms with Crippen LogP contribution in [-0.4, -0.2) is 144 Å². The number of ether oxygens (including phenoxy) is 2. The fraction of sp³-hybridized carbons (Fsp3) is 0.442. The first-order valence-corrected chi connectivity index (χ1v) is 21.1. The SMILES string of the molecule is CO[C@H]1CN(C)C(=O)[C@@H]2C[C@@H](CN2c2nc(N3C4C[C@@H]3CN(C3CCOCC3)C4=O)nc3c2cnn3-c2ccc(F)cc2F)Nc2cccc(n2)-c2nccc3nc(C)n(c23)C1.[HH].[HH]. The smallest absolute Gasteiger partial charge is 0.245 e. The van der Waals surface area contributed by atoms with Crippen molar-refractivity contribution < 1.29 is 30.7 Å². The van der Waals surface area contributed by atoms with Crippen LogP contribution in [0.5, 0.6) is 0 Å². The summed E-state index contributed by atoms with van der Waals surface area (Å²) in [4.78, 5) is 61.4. The molecule has 6 bridgehead atoms. The summed E-state index contributed by atoms with van der Waals surface area (Å²) in [5.74, 6) is 0.389. The van der Waals surface area contributed by atoms with Crippen molar-refractivity contribution in [3.8, 4) is 17.1 Å². The molecule has 1 unspecified atom stereocenters. The van der Waals surface area contributed by atoms with Gasteiger partial charge in [0.1, 0.15) is 46.7 Å². The topological polar surface area (TPSA) is 165 Å². The van der Waals surface area contributed by atoms with Gasteiger partial charge in [-0.1, -0.05) is 6.07 Å². The number of aromatic nitrogens is 8. The quantitative estimate of drug-likeness (QED) is 0.263. The first-order valence-electron chi connectivity index (χ1n) is 21.1. The van der Waals surface area contributed by atoms with Crippen LogP contribution in [0.15, 0.2) is 54.9 Å². The Balaban J connectivity index is 0.00000259.